The molecule has 25 heavy (non-hydrogen) atoms. The van der Waals surface area contributed by atoms with Crippen molar-refractivity contribution in [1.29, 1.82) is 0 Å². The van der Waals surface area contributed by atoms with Gasteiger partial charge in [0, 0.05) is 24.6 Å². The Labute approximate surface area is 138 Å². The van der Waals surface area contributed by atoms with Crippen LogP contribution in [0.25, 0.3) is 0 Å². The minimum absolute atomic E-state index is 0.0367. The van der Waals surface area contributed by atoms with Gasteiger partial charge in [0.1, 0.15) is 0 Å². The van der Waals surface area contributed by atoms with E-state index in [1.54, 1.807) is 0 Å². The van der Waals surface area contributed by atoms with E-state index >= 15 is 0 Å². The highest BCUT2D eigenvalue weighted by atomic mass is 19.4. The molecule has 1 saturated heterocycles. The maximum absolute atomic E-state index is 12.8. The molecule has 2 N–H and O–H groups in total. The van der Waals surface area contributed by atoms with Crippen LogP contribution in [0.5, 0.6) is 0 Å². The summed E-state index contributed by atoms with van der Waals surface area (Å²) in [5, 5.41) is 4.94. The van der Waals surface area contributed by atoms with E-state index in [9.17, 15) is 35.9 Å². The normalized spacial score (nSPS) is 19.1. The monoisotopic (exact) mass is 368 g/mol. The van der Waals surface area contributed by atoms with Gasteiger partial charge in [-0.3, -0.25) is 9.59 Å². The summed E-state index contributed by atoms with van der Waals surface area (Å²) in [4.78, 5) is 23.3. The summed E-state index contributed by atoms with van der Waals surface area (Å²) in [6, 6.07) is 0.204. The van der Waals surface area contributed by atoms with Crippen LogP contribution in [-0.2, 0) is 17.1 Å². The second-order valence-electron chi connectivity index (χ2n) is 5.64. The number of hydrogen-bond donors (Lipinski definition) is 2. The molecule has 0 bridgehead atoms. The number of carbonyl (C=O) groups is 2. The fourth-order valence-corrected chi connectivity index (χ4v) is 2.42. The van der Waals surface area contributed by atoms with Crippen molar-refractivity contribution in [2.24, 2.45) is 0 Å². The Balaban J connectivity index is 2.27. The van der Waals surface area contributed by atoms with E-state index in [1.807, 2.05) is 0 Å². The van der Waals surface area contributed by atoms with Gasteiger partial charge in [-0.05, 0) is 31.0 Å². The Morgan fingerprint density at radius 1 is 1.00 bits per heavy atom. The maximum atomic E-state index is 12.8. The van der Waals surface area contributed by atoms with Gasteiger partial charge in [0.25, 0.3) is 5.91 Å². The van der Waals surface area contributed by atoms with E-state index in [4.69, 9.17) is 0 Å². The van der Waals surface area contributed by atoms with Crippen LogP contribution in [0.1, 0.15) is 40.7 Å². The van der Waals surface area contributed by atoms with E-state index in [0.717, 1.165) is 0 Å². The van der Waals surface area contributed by atoms with Crippen LogP contribution in [0.4, 0.5) is 26.3 Å². The standard InChI is InChI=1S/C15H14F6N2O2/c16-14(17,18)9-5-8(6-10(7-9)15(19,20)21)13(25)23-11-1-2-12(24)22-4-3-11/h5-7,11H,1-4H2,(H,22,24)(H,23,25). The van der Waals surface area contributed by atoms with Gasteiger partial charge in [-0.25, -0.2) is 0 Å². The molecule has 2 rings (SSSR count). The van der Waals surface area contributed by atoms with Crippen molar-refractivity contribution in [3.05, 3.63) is 34.9 Å². The molecule has 4 nitrogen and oxygen atoms in total. The minimum atomic E-state index is -5.02. The lowest BCUT2D eigenvalue weighted by Crippen LogP contribution is -2.35. The molecule has 2 amide bonds. The fourth-order valence-electron chi connectivity index (χ4n) is 2.42. The molecule has 1 aliphatic heterocycles. The summed E-state index contributed by atoms with van der Waals surface area (Å²) in [5.74, 6) is -1.27. The van der Waals surface area contributed by atoms with Gasteiger partial charge in [-0.2, -0.15) is 26.3 Å². The molecule has 1 unspecified atom stereocenters. The first kappa shape index (κ1) is 19.1. The van der Waals surface area contributed by atoms with E-state index in [2.05, 4.69) is 10.6 Å². The number of benzene rings is 1. The van der Waals surface area contributed by atoms with E-state index in [0.29, 0.717) is 18.6 Å². The quantitative estimate of drug-likeness (QED) is 0.788. The van der Waals surface area contributed by atoms with Gasteiger partial charge in [0.2, 0.25) is 5.91 Å². The highest BCUT2D eigenvalue weighted by molar-refractivity contribution is 5.95. The molecule has 10 heteroatoms. The number of carbonyl (C=O) groups excluding carboxylic acids is 2. The van der Waals surface area contributed by atoms with E-state index in [-0.39, 0.29) is 31.4 Å². The molecule has 0 aliphatic carbocycles. The average molecular weight is 368 g/mol. The first-order valence-corrected chi connectivity index (χ1v) is 7.34. The number of nitrogens with one attached hydrogen (secondary N) is 2. The smallest absolute Gasteiger partial charge is 0.356 e. The molecule has 1 atom stereocenters. The molecule has 0 spiro atoms. The first-order valence-electron chi connectivity index (χ1n) is 7.34. The number of hydrogen-bond acceptors (Lipinski definition) is 2. The SMILES string of the molecule is O=C1CCC(NC(=O)c2cc(C(F)(F)F)cc(C(F)(F)F)c2)CCN1. The Morgan fingerprint density at radius 3 is 2.08 bits per heavy atom. The minimum Gasteiger partial charge on any atom is -0.356 e. The Kier molecular flexibility index (Phi) is 5.28. The zero-order chi connectivity index (χ0) is 18.8. The highest BCUT2D eigenvalue weighted by Gasteiger charge is 2.37. The van der Waals surface area contributed by atoms with Crippen molar-refractivity contribution in [3.8, 4) is 0 Å². The van der Waals surface area contributed by atoms with Crippen molar-refractivity contribution < 1.29 is 35.9 Å². The fraction of sp³-hybridized carbons (Fsp3) is 0.467. The van der Waals surface area contributed by atoms with Crippen molar-refractivity contribution in [1.82, 2.24) is 10.6 Å². The van der Waals surface area contributed by atoms with Gasteiger partial charge in [0.05, 0.1) is 11.1 Å². The van der Waals surface area contributed by atoms with Gasteiger partial charge in [-0.1, -0.05) is 0 Å². The van der Waals surface area contributed by atoms with Crippen LogP contribution >= 0.6 is 0 Å². The Bertz CT molecular complexity index is 637. The molecular weight excluding hydrogens is 354 g/mol. The third kappa shape index (κ3) is 5.10. The molecule has 1 heterocycles. The lowest BCUT2D eigenvalue weighted by molar-refractivity contribution is -0.143. The summed E-state index contributed by atoms with van der Waals surface area (Å²) in [6.07, 6.45) is -9.34. The molecule has 1 fully saturated rings. The lowest BCUT2D eigenvalue weighted by Gasteiger charge is -2.17. The van der Waals surface area contributed by atoms with Crippen molar-refractivity contribution in [2.45, 2.75) is 37.7 Å². The molecule has 0 saturated carbocycles. The summed E-state index contributed by atoms with van der Waals surface area (Å²) in [6.45, 7) is 0.264. The Hall–Kier alpha value is -2.26. The molecule has 0 radical (unpaired) electrons. The first-order chi connectivity index (χ1) is 11.5. The molecular formula is C15H14F6N2O2. The maximum Gasteiger partial charge on any atom is 0.416 e. The molecule has 1 aliphatic rings. The number of alkyl halides is 6. The Morgan fingerprint density at radius 2 is 1.56 bits per heavy atom. The van der Waals surface area contributed by atoms with Crippen molar-refractivity contribution in [3.63, 3.8) is 0 Å². The number of amides is 2. The van der Waals surface area contributed by atoms with E-state index in [1.165, 1.54) is 0 Å². The summed E-state index contributed by atoms with van der Waals surface area (Å²) < 4.78 is 76.9. The van der Waals surface area contributed by atoms with Gasteiger partial charge in [0.15, 0.2) is 0 Å². The van der Waals surface area contributed by atoms with Crippen LogP contribution in [0.3, 0.4) is 0 Å². The summed E-state index contributed by atoms with van der Waals surface area (Å²) in [5.41, 5.74) is -3.83. The second kappa shape index (κ2) is 6.93. The largest absolute Gasteiger partial charge is 0.416 e. The van der Waals surface area contributed by atoms with Crippen LogP contribution in [0.2, 0.25) is 0 Å². The van der Waals surface area contributed by atoms with Crippen LogP contribution < -0.4 is 10.6 Å². The van der Waals surface area contributed by atoms with Crippen molar-refractivity contribution >= 4 is 11.8 Å². The van der Waals surface area contributed by atoms with Gasteiger partial charge >= 0.3 is 12.4 Å². The number of halogens is 6. The zero-order valence-corrected chi connectivity index (χ0v) is 12.7. The van der Waals surface area contributed by atoms with Crippen LogP contribution in [0.15, 0.2) is 18.2 Å². The van der Waals surface area contributed by atoms with Crippen molar-refractivity contribution in [2.75, 3.05) is 6.54 Å². The molecule has 1 aromatic carbocycles. The van der Waals surface area contributed by atoms with E-state index < -0.39 is 41.0 Å². The molecule has 1 aromatic rings. The zero-order valence-electron chi connectivity index (χ0n) is 12.7. The average Bonchev–Trinajstić information content (AvgIpc) is 2.69. The highest BCUT2D eigenvalue weighted by Crippen LogP contribution is 2.36. The van der Waals surface area contributed by atoms with Gasteiger partial charge in [-0.15, -0.1) is 0 Å². The molecule has 0 aromatic heterocycles. The molecule has 138 valence electrons. The van der Waals surface area contributed by atoms with Crippen LogP contribution in [-0.4, -0.2) is 24.4 Å². The predicted octanol–water partition coefficient (Wildman–Crippen LogP) is 3.12. The predicted molar refractivity (Wildman–Crippen MR) is 74.6 cm³/mol. The third-order valence-electron chi connectivity index (χ3n) is 3.72. The topological polar surface area (TPSA) is 58.2 Å². The lowest BCUT2D eigenvalue weighted by atomic mass is 10.0. The number of rotatable bonds is 2. The summed E-state index contributed by atoms with van der Waals surface area (Å²) >= 11 is 0. The third-order valence-corrected chi connectivity index (χ3v) is 3.72. The summed E-state index contributed by atoms with van der Waals surface area (Å²) in [7, 11) is 0. The second-order valence-corrected chi connectivity index (χ2v) is 5.64. The van der Waals surface area contributed by atoms with Crippen LogP contribution in [0, 0.1) is 0 Å². The van der Waals surface area contributed by atoms with Gasteiger partial charge < -0.3 is 10.6 Å².